The minimum absolute atomic E-state index is 0.135. The van der Waals surface area contributed by atoms with Crippen LogP contribution < -0.4 is 0 Å². The van der Waals surface area contributed by atoms with Gasteiger partial charge in [0.05, 0.1) is 5.92 Å². The molecule has 2 nitrogen and oxygen atoms in total. The summed E-state index contributed by atoms with van der Waals surface area (Å²) >= 11 is 0. The molecule has 0 unspecified atom stereocenters. The molecule has 0 rings (SSSR count). The number of allylic oxidation sites excluding steroid dienone is 1. The summed E-state index contributed by atoms with van der Waals surface area (Å²) < 4.78 is 0. The second kappa shape index (κ2) is 7.84. The smallest absolute Gasteiger partial charge is 0.306 e. The molecule has 0 aromatic heterocycles. The summed E-state index contributed by atoms with van der Waals surface area (Å²) in [5.74, 6) is -0.782. The van der Waals surface area contributed by atoms with Gasteiger partial charge in [0.2, 0.25) is 0 Å². The van der Waals surface area contributed by atoms with E-state index in [-0.39, 0.29) is 5.92 Å². The Hall–Kier alpha value is -0.790. The molecule has 2 heteroatoms. The van der Waals surface area contributed by atoms with Gasteiger partial charge >= 0.3 is 5.97 Å². The zero-order valence-corrected chi connectivity index (χ0v) is 8.46. The van der Waals surface area contributed by atoms with E-state index < -0.39 is 5.97 Å². The predicted molar refractivity (Wildman–Crippen MR) is 54.7 cm³/mol. The van der Waals surface area contributed by atoms with Crippen LogP contribution in [0.1, 0.15) is 45.4 Å². The molecule has 0 heterocycles. The van der Waals surface area contributed by atoms with Gasteiger partial charge in [-0.2, -0.15) is 0 Å². The number of rotatable bonds is 8. The van der Waals surface area contributed by atoms with E-state index in [1.54, 1.807) is 0 Å². The minimum Gasteiger partial charge on any atom is -0.481 e. The molecule has 0 aliphatic rings. The fourth-order valence-corrected chi connectivity index (χ4v) is 1.36. The fraction of sp³-hybridized carbons (Fsp3) is 0.727. The van der Waals surface area contributed by atoms with Crippen LogP contribution in [0.2, 0.25) is 0 Å². The number of unbranched alkanes of at least 4 members (excludes halogenated alkanes) is 3. The summed E-state index contributed by atoms with van der Waals surface area (Å²) in [4.78, 5) is 10.6. The Balaban J connectivity index is 3.38. The van der Waals surface area contributed by atoms with Gasteiger partial charge in [0.1, 0.15) is 0 Å². The lowest BCUT2D eigenvalue weighted by Gasteiger charge is -2.08. The van der Waals surface area contributed by atoms with Crippen molar-refractivity contribution in [2.24, 2.45) is 5.92 Å². The highest BCUT2D eigenvalue weighted by Crippen LogP contribution is 2.14. The Kier molecular flexibility index (Phi) is 7.36. The van der Waals surface area contributed by atoms with Gasteiger partial charge in [-0.1, -0.05) is 25.8 Å². The molecule has 0 aromatic rings. The van der Waals surface area contributed by atoms with Gasteiger partial charge < -0.3 is 5.11 Å². The molecule has 0 aliphatic heterocycles. The van der Waals surface area contributed by atoms with Crippen LogP contribution in [0.5, 0.6) is 0 Å². The minimum atomic E-state index is -0.647. The van der Waals surface area contributed by atoms with Crippen molar-refractivity contribution in [3.05, 3.63) is 12.7 Å². The first-order valence-electron chi connectivity index (χ1n) is 5.06. The van der Waals surface area contributed by atoms with Crippen LogP contribution in [0.25, 0.3) is 0 Å². The number of carboxylic acids is 1. The number of hydrogen-bond acceptors (Lipinski definition) is 1. The molecule has 0 fully saturated rings. The van der Waals surface area contributed by atoms with Crippen LogP contribution in [0.4, 0.5) is 0 Å². The highest BCUT2D eigenvalue weighted by atomic mass is 16.4. The molecule has 0 bridgehead atoms. The van der Waals surface area contributed by atoms with Crippen molar-refractivity contribution < 1.29 is 9.90 Å². The Morgan fingerprint density at radius 1 is 1.46 bits per heavy atom. The molecule has 0 radical (unpaired) electrons. The maximum atomic E-state index is 10.6. The molecule has 0 amide bonds. The maximum absolute atomic E-state index is 10.6. The highest BCUT2D eigenvalue weighted by Gasteiger charge is 2.13. The van der Waals surface area contributed by atoms with E-state index in [9.17, 15) is 4.79 Å². The largest absolute Gasteiger partial charge is 0.481 e. The number of carbonyl (C=O) groups is 1. The molecular weight excluding hydrogens is 164 g/mol. The van der Waals surface area contributed by atoms with Gasteiger partial charge in [-0.3, -0.25) is 4.79 Å². The second-order valence-electron chi connectivity index (χ2n) is 3.37. The third-order valence-corrected chi connectivity index (χ3v) is 2.30. The summed E-state index contributed by atoms with van der Waals surface area (Å²) in [6.45, 7) is 5.58. The normalized spacial score (nSPS) is 12.4. The first-order valence-corrected chi connectivity index (χ1v) is 5.06. The standard InChI is InChI=1S/C11H20O2/c1-3-5-6-7-8-9-10(4-2)11(12)13/h3,10H,1,4-9H2,2H3,(H,12,13)/t10-/m0/s1. The van der Waals surface area contributed by atoms with Gasteiger partial charge in [0.15, 0.2) is 0 Å². The topological polar surface area (TPSA) is 37.3 Å². The third kappa shape index (κ3) is 6.38. The average molecular weight is 184 g/mol. The summed E-state index contributed by atoms with van der Waals surface area (Å²) in [5.41, 5.74) is 0. The van der Waals surface area contributed by atoms with E-state index in [0.29, 0.717) is 0 Å². The summed E-state index contributed by atoms with van der Waals surface area (Å²) in [6, 6.07) is 0. The first-order chi connectivity index (χ1) is 6.22. The zero-order chi connectivity index (χ0) is 10.1. The summed E-state index contributed by atoms with van der Waals surface area (Å²) in [7, 11) is 0. The summed E-state index contributed by atoms with van der Waals surface area (Å²) in [6.07, 6.45) is 7.81. The molecule has 0 spiro atoms. The Morgan fingerprint density at radius 2 is 2.15 bits per heavy atom. The van der Waals surface area contributed by atoms with Crippen molar-refractivity contribution in [2.75, 3.05) is 0 Å². The van der Waals surface area contributed by atoms with Crippen molar-refractivity contribution in [1.82, 2.24) is 0 Å². The van der Waals surface area contributed by atoms with Crippen molar-refractivity contribution >= 4 is 5.97 Å². The lowest BCUT2D eigenvalue weighted by Crippen LogP contribution is -2.12. The van der Waals surface area contributed by atoms with Crippen molar-refractivity contribution in [3.8, 4) is 0 Å². The molecular formula is C11H20O2. The van der Waals surface area contributed by atoms with E-state index in [0.717, 1.165) is 38.5 Å². The molecule has 0 aliphatic carbocycles. The molecule has 0 saturated carbocycles. The quantitative estimate of drug-likeness (QED) is 0.464. The first kappa shape index (κ1) is 12.2. The number of carboxylic acid groups (broad SMARTS) is 1. The van der Waals surface area contributed by atoms with Gasteiger partial charge in [0.25, 0.3) is 0 Å². The zero-order valence-electron chi connectivity index (χ0n) is 8.46. The monoisotopic (exact) mass is 184 g/mol. The Labute approximate surface area is 80.7 Å². The fourth-order valence-electron chi connectivity index (χ4n) is 1.36. The van der Waals surface area contributed by atoms with Crippen molar-refractivity contribution in [2.45, 2.75) is 45.4 Å². The molecule has 13 heavy (non-hydrogen) atoms. The van der Waals surface area contributed by atoms with Crippen LogP contribution in [0, 0.1) is 5.92 Å². The van der Waals surface area contributed by atoms with Crippen LogP contribution in [0.3, 0.4) is 0 Å². The Bertz CT molecular complexity index is 152. The second-order valence-corrected chi connectivity index (χ2v) is 3.37. The van der Waals surface area contributed by atoms with Gasteiger partial charge in [-0.15, -0.1) is 6.58 Å². The van der Waals surface area contributed by atoms with Gasteiger partial charge in [0, 0.05) is 0 Å². The molecule has 0 saturated heterocycles. The van der Waals surface area contributed by atoms with Crippen molar-refractivity contribution in [3.63, 3.8) is 0 Å². The van der Waals surface area contributed by atoms with Crippen molar-refractivity contribution in [1.29, 1.82) is 0 Å². The van der Waals surface area contributed by atoms with E-state index >= 15 is 0 Å². The van der Waals surface area contributed by atoms with E-state index in [1.165, 1.54) is 0 Å². The van der Waals surface area contributed by atoms with E-state index in [4.69, 9.17) is 5.11 Å². The predicted octanol–water partition coefficient (Wildman–Crippen LogP) is 3.23. The van der Waals surface area contributed by atoms with E-state index in [2.05, 4.69) is 6.58 Å². The lowest BCUT2D eigenvalue weighted by molar-refractivity contribution is -0.142. The molecule has 1 N–H and O–H groups in total. The van der Waals surface area contributed by atoms with Crippen LogP contribution >= 0.6 is 0 Å². The lowest BCUT2D eigenvalue weighted by atomic mass is 9.98. The molecule has 1 atom stereocenters. The van der Waals surface area contributed by atoms with Crippen LogP contribution in [-0.4, -0.2) is 11.1 Å². The number of aliphatic carboxylic acids is 1. The SMILES string of the molecule is C=CCCCCC[C@H](CC)C(=O)O. The maximum Gasteiger partial charge on any atom is 0.306 e. The average Bonchev–Trinajstić information content (AvgIpc) is 2.10. The highest BCUT2D eigenvalue weighted by molar-refractivity contribution is 5.69. The van der Waals surface area contributed by atoms with Gasteiger partial charge in [-0.05, 0) is 25.7 Å². The van der Waals surface area contributed by atoms with Gasteiger partial charge in [-0.25, -0.2) is 0 Å². The molecule has 76 valence electrons. The Morgan fingerprint density at radius 3 is 2.62 bits per heavy atom. The third-order valence-electron chi connectivity index (χ3n) is 2.30. The van der Waals surface area contributed by atoms with E-state index in [1.807, 2.05) is 13.0 Å². The summed E-state index contributed by atoms with van der Waals surface area (Å²) in [5, 5.41) is 8.76. The van der Waals surface area contributed by atoms with Crippen LogP contribution in [0.15, 0.2) is 12.7 Å². The van der Waals surface area contributed by atoms with Crippen LogP contribution in [-0.2, 0) is 4.79 Å². The molecule has 0 aromatic carbocycles. The number of hydrogen-bond donors (Lipinski definition) is 1.